The van der Waals surface area contributed by atoms with Gasteiger partial charge in [0.15, 0.2) is 0 Å². The van der Waals surface area contributed by atoms with Crippen molar-refractivity contribution in [1.29, 1.82) is 0 Å². The Morgan fingerprint density at radius 2 is 2.00 bits per heavy atom. The quantitative estimate of drug-likeness (QED) is 0.678. The number of hydrogen-bond acceptors (Lipinski definition) is 5. The number of hydrogen-bond donors (Lipinski definition) is 1. The molecule has 0 aliphatic heterocycles. The molecule has 0 spiro atoms. The zero-order valence-corrected chi connectivity index (χ0v) is 9.22. The summed E-state index contributed by atoms with van der Waals surface area (Å²) in [7, 11) is 0. The summed E-state index contributed by atoms with van der Waals surface area (Å²) >= 11 is 1.36. The number of aromatic amines is 1. The van der Waals surface area contributed by atoms with E-state index in [1.807, 2.05) is 6.92 Å². The van der Waals surface area contributed by atoms with Gasteiger partial charge in [0.05, 0.1) is 5.52 Å². The summed E-state index contributed by atoms with van der Waals surface area (Å²) in [6.07, 6.45) is 0.905. The van der Waals surface area contributed by atoms with Crippen LogP contribution in [0.3, 0.4) is 0 Å². The van der Waals surface area contributed by atoms with Crippen LogP contribution in [-0.4, -0.2) is 24.2 Å². The van der Waals surface area contributed by atoms with Crippen LogP contribution in [0.15, 0.2) is 0 Å². The topological polar surface area (TPSA) is 67.3 Å². The average molecular weight is 219 g/mol. The summed E-state index contributed by atoms with van der Waals surface area (Å²) in [5.74, 6) is 0. The summed E-state index contributed by atoms with van der Waals surface area (Å²) in [6, 6.07) is 0. The highest BCUT2D eigenvalue weighted by Crippen LogP contribution is 2.28. The van der Waals surface area contributed by atoms with Crippen molar-refractivity contribution < 1.29 is 0 Å². The maximum atomic E-state index is 4.35. The third-order valence-electron chi connectivity index (χ3n) is 2.69. The minimum Gasteiger partial charge on any atom is -0.293 e. The second-order valence-corrected chi connectivity index (χ2v) is 4.02. The van der Waals surface area contributed by atoms with E-state index < -0.39 is 0 Å². The molecule has 15 heavy (non-hydrogen) atoms. The molecule has 0 unspecified atom stereocenters. The molecule has 0 bridgehead atoms. The molecule has 2 aromatic heterocycles. The van der Waals surface area contributed by atoms with E-state index in [-0.39, 0.29) is 0 Å². The summed E-state index contributed by atoms with van der Waals surface area (Å²) in [5, 5.41) is 11.9. The first-order valence-corrected chi connectivity index (χ1v) is 5.54. The van der Waals surface area contributed by atoms with E-state index in [2.05, 4.69) is 31.1 Å². The monoisotopic (exact) mass is 219 g/mol. The number of H-pyrrole nitrogens is 1. The molecule has 3 rings (SSSR count). The largest absolute Gasteiger partial charge is 0.293 e. The van der Waals surface area contributed by atoms with E-state index in [0.717, 1.165) is 39.6 Å². The van der Waals surface area contributed by atoms with Crippen molar-refractivity contribution in [3.05, 3.63) is 11.1 Å². The van der Waals surface area contributed by atoms with E-state index in [4.69, 9.17) is 0 Å². The van der Waals surface area contributed by atoms with Gasteiger partial charge in [-0.15, -0.1) is 10.2 Å². The Morgan fingerprint density at radius 1 is 1.20 bits per heavy atom. The molecule has 0 aliphatic rings. The molecule has 5 nitrogen and oxygen atoms in total. The predicted octanol–water partition coefficient (Wildman–Crippen LogP) is 1.83. The van der Waals surface area contributed by atoms with E-state index in [1.165, 1.54) is 11.7 Å². The van der Waals surface area contributed by atoms with Crippen LogP contribution in [0.1, 0.15) is 18.1 Å². The zero-order valence-electron chi connectivity index (χ0n) is 8.40. The van der Waals surface area contributed by atoms with Crippen LogP contribution in [0.2, 0.25) is 0 Å². The highest BCUT2D eigenvalue weighted by Gasteiger charge is 2.15. The van der Waals surface area contributed by atoms with E-state index in [0.29, 0.717) is 0 Å². The van der Waals surface area contributed by atoms with Gasteiger partial charge in [-0.1, -0.05) is 6.92 Å². The zero-order chi connectivity index (χ0) is 10.4. The smallest absolute Gasteiger partial charge is 0.121 e. The minimum absolute atomic E-state index is 0.874. The number of aryl methyl sites for hydroxylation is 2. The van der Waals surface area contributed by atoms with Crippen molar-refractivity contribution in [2.75, 3.05) is 0 Å². The molecule has 3 aromatic rings. The second-order valence-electron chi connectivity index (χ2n) is 3.45. The van der Waals surface area contributed by atoms with Crippen molar-refractivity contribution in [1.82, 2.24) is 24.2 Å². The molecule has 0 saturated carbocycles. The molecule has 0 aliphatic carbocycles. The summed E-state index contributed by atoms with van der Waals surface area (Å²) in [5.41, 5.74) is 6.06. The summed E-state index contributed by atoms with van der Waals surface area (Å²) < 4.78 is 7.54. The third kappa shape index (κ3) is 1.02. The van der Waals surface area contributed by atoms with E-state index in [1.54, 1.807) is 0 Å². The fourth-order valence-corrected chi connectivity index (χ4v) is 2.58. The Morgan fingerprint density at radius 3 is 2.80 bits per heavy atom. The fourth-order valence-electron chi connectivity index (χ4n) is 1.91. The lowest BCUT2D eigenvalue weighted by Gasteiger charge is -2.01. The lowest BCUT2D eigenvalue weighted by atomic mass is 10.0. The van der Waals surface area contributed by atoms with Crippen LogP contribution in [0.5, 0.6) is 0 Å². The molecule has 0 saturated heterocycles. The van der Waals surface area contributed by atoms with Gasteiger partial charge in [0.25, 0.3) is 0 Å². The first kappa shape index (κ1) is 8.72. The van der Waals surface area contributed by atoms with Gasteiger partial charge in [-0.3, -0.25) is 4.37 Å². The Balaban J connectivity index is 2.64. The van der Waals surface area contributed by atoms with Crippen LogP contribution in [0.4, 0.5) is 0 Å². The van der Waals surface area contributed by atoms with Gasteiger partial charge in [-0.2, -0.15) is 4.37 Å². The van der Waals surface area contributed by atoms with Crippen LogP contribution >= 0.6 is 11.7 Å². The molecule has 0 amide bonds. The molecule has 2 heterocycles. The van der Waals surface area contributed by atoms with Crippen molar-refractivity contribution in [3.63, 3.8) is 0 Å². The number of nitrogens with one attached hydrogen (secondary N) is 1. The summed E-state index contributed by atoms with van der Waals surface area (Å²) in [6.45, 7) is 4.11. The lowest BCUT2D eigenvalue weighted by Crippen LogP contribution is -1.90. The van der Waals surface area contributed by atoms with Gasteiger partial charge in [-0.05, 0) is 18.6 Å². The second kappa shape index (κ2) is 2.96. The van der Waals surface area contributed by atoms with Gasteiger partial charge >= 0.3 is 0 Å². The van der Waals surface area contributed by atoms with Crippen LogP contribution < -0.4 is 0 Å². The lowest BCUT2D eigenvalue weighted by molar-refractivity contribution is 0.955. The van der Waals surface area contributed by atoms with Crippen molar-refractivity contribution >= 4 is 33.8 Å². The highest BCUT2D eigenvalue weighted by atomic mass is 32.1. The molecule has 1 aromatic carbocycles. The fraction of sp³-hybridized carbons (Fsp3) is 0.333. The highest BCUT2D eigenvalue weighted by molar-refractivity contribution is 7.00. The van der Waals surface area contributed by atoms with Crippen LogP contribution in [-0.2, 0) is 6.42 Å². The van der Waals surface area contributed by atoms with Crippen molar-refractivity contribution in [3.8, 4) is 0 Å². The Kier molecular flexibility index (Phi) is 1.72. The molecule has 6 heteroatoms. The summed E-state index contributed by atoms with van der Waals surface area (Å²) in [4.78, 5) is 0. The number of aromatic nitrogens is 5. The minimum atomic E-state index is 0.874. The number of rotatable bonds is 1. The molecule has 76 valence electrons. The van der Waals surface area contributed by atoms with Gasteiger partial charge < -0.3 is 0 Å². The van der Waals surface area contributed by atoms with Crippen LogP contribution in [0, 0.1) is 6.92 Å². The standard InChI is InChI=1S/C9H9N5S/c1-3-5-8-6(10-14-11-8)4(2)7-9(5)13-15-12-7/h13H,3H2,1-2H3. The molecular weight excluding hydrogens is 210 g/mol. The van der Waals surface area contributed by atoms with Crippen LogP contribution in [0.25, 0.3) is 22.1 Å². The normalized spacial score (nSPS) is 11.6. The Hall–Kier alpha value is -1.56. The maximum absolute atomic E-state index is 4.35. The molecule has 0 atom stereocenters. The number of fused-ring (bicyclic) bond motifs is 2. The maximum Gasteiger partial charge on any atom is 0.121 e. The first-order valence-electron chi connectivity index (χ1n) is 4.77. The van der Waals surface area contributed by atoms with Gasteiger partial charge in [0.2, 0.25) is 0 Å². The van der Waals surface area contributed by atoms with Gasteiger partial charge in [0.1, 0.15) is 16.6 Å². The number of nitrogens with zero attached hydrogens (tertiary/aromatic N) is 4. The molecule has 0 radical (unpaired) electrons. The average Bonchev–Trinajstić information content (AvgIpc) is 2.85. The van der Waals surface area contributed by atoms with Gasteiger partial charge in [0, 0.05) is 22.9 Å². The SMILES string of the molecule is CCc1c2nnnc2c(C)c2ns[nH]c12. The molecular formula is C9H9N5S. The molecule has 0 fully saturated rings. The number of benzene rings is 1. The first-order chi connectivity index (χ1) is 7.33. The van der Waals surface area contributed by atoms with E-state index >= 15 is 0 Å². The third-order valence-corrected chi connectivity index (χ3v) is 3.26. The van der Waals surface area contributed by atoms with E-state index in [9.17, 15) is 0 Å². The van der Waals surface area contributed by atoms with Crippen molar-refractivity contribution in [2.24, 2.45) is 0 Å². The van der Waals surface area contributed by atoms with Crippen molar-refractivity contribution in [2.45, 2.75) is 20.3 Å². The predicted molar refractivity (Wildman–Crippen MR) is 59.0 cm³/mol. The van der Waals surface area contributed by atoms with Gasteiger partial charge in [-0.25, -0.2) is 0 Å². The Labute approximate surface area is 89.8 Å². The molecule has 1 N–H and O–H groups in total. The Bertz CT molecular complexity index is 587.